The third-order valence-corrected chi connectivity index (χ3v) is 1.46. The molecule has 0 aromatic rings. The fourth-order valence-electron chi connectivity index (χ4n) is 0. The second-order valence-corrected chi connectivity index (χ2v) is 3.12. The van der Waals surface area contributed by atoms with E-state index < -0.39 is 0 Å². The van der Waals surface area contributed by atoms with Crippen LogP contribution in [0.15, 0.2) is 48.6 Å². The van der Waals surface area contributed by atoms with Crippen molar-refractivity contribution < 1.29 is 24.3 Å². The summed E-state index contributed by atoms with van der Waals surface area (Å²) in [5.74, 6) is 0. The van der Waals surface area contributed by atoms with Crippen molar-refractivity contribution >= 4 is 6.79 Å². The van der Waals surface area contributed by atoms with E-state index in [1.165, 1.54) is 0 Å². The van der Waals surface area contributed by atoms with E-state index in [4.69, 9.17) is 4.79 Å². The first-order valence-electron chi connectivity index (χ1n) is 4.20. The van der Waals surface area contributed by atoms with Gasteiger partial charge in [0, 0.05) is 19.5 Å². The number of hydrogen-bond acceptors (Lipinski definition) is 1. The molecule has 88 valence electrons. The Bertz CT molecular complexity index is 179. The molecule has 0 aliphatic heterocycles. The molecule has 0 saturated carbocycles. The Morgan fingerprint density at radius 1 is 0.600 bits per heavy atom. The van der Waals surface area contributed by atoms with Crippen molar-refractivity contribution in [2.24, 2.45) is 0 Å². The van der Waals surface area contributed by atoms with Crippen molar-refractivity contribution in [3.63, 3.8) is 0 Å². The molecule has 0 saturated heterocycles. The maximum Gasteiger partial charge on any atom is 0.106 e. The summed E-state index contributed by atoms with van der Waals surface area (Å²) in [7, 11) is 0. The van der Waals surface area contributed by atoms with Crippen LogP contribution in [0.4, 0.5) is 0 Å². The zero-order valence-corrected chi connectivity index (χ0v) is 12.0. The van der Waals surface area contributed by atoms with Crippen LogP contribution in [-0.2, 0) is 24.3 Å². The van der Waals surface area contributed by atoms with Gasteiger partial charge in [0.15, 0.2) is 0 Å². The van der Waals surface area contributed by atoms with Crippen LogP contribution < -0.4 is 0 Å². The van der Waals surface area contributed by atoms with Gasteiger partial charge in [0.05, 0.1) is 0 Å². The SMILES string of the molecule is C=C(C)C(=C)C.C=C(C)C(=C)C.C=O.[Ru]. The topological polar surface area (TPSA) is 17.1 Å². The number of hydrogen-bond donors (Lipinski definition) is 0. The molecule has 0 aliphatic carbocycles. The van der Waals surface area contributed by atoms with Crippen molar-refractivity contribution in [3.8, 4) is 0 Å². The first kappa shape index (κ1) is 23.8. The average Bonchev–Trinajstić information content (AvgIpc) is 2.08. The quantitative estimate of drug-likeness (QED) is 0.554. The van der Waals surface area contributed by atoms with Gasteiger partial charge in [-0.05, 0) is 27.7 Å². The Morgan fingerprint density at radius 3 is 0.667 bits per heavy atom. The average molecular weight is 295 g/mol. The molecule has 0 amide bonds. The Kier molecular flexibility index (Phi) is 24.9. The van der Waals surface area contributed by atoms with Gasteiger partial charge >= 0.3 is 0 Å². The fraction of sp³-hybridized carbons (Fsp3) is 0.308. The molecule has 1 nitrogen and oxygen atoms in total. The number of carbonyl (C=O) groups is 1. The minimum Gasteiger partial charge on any atom is -0.307 e. The van der Waals surface area contributed by atoms with Crippen LogP contribution in [0.1, 0.15) is 27.7 Å². The van der Waals surface area contributed by atoms with Gasteiger partial charge in [-0.2, -0.15) is 0 Å². The van der Waals surface area contributed by atoms with Crippen molar-refractivity contribution in [2.45, 2.75) is 27.7 Å². The van der Waals surface area contributed by atoms with Crippen LogP contribution in [0.5, 0.6) is 0 Å². The van der Waals surface area contributed by atoms with Gasteiger partial charge in [0.2, 0.25) is 0 Å². The van der Waals surface area contributed by atoms with E-state index in [0.717, 1.165) is 22.3 Å². The first-order chi connectivity index (χ1) is 6.29. The molecule has 0 aliphatic rings. The molecule has 15 heavy (non-hydrogen) atoms. The molecule has 0 fully saturated rings. The maximum absolute atomic E-state index is 8.00. The molecule has 0 spiro atoms. The van der Waals surface area contributed by atoms with Crippen molar-refractivity contribution in [1.29, 1.82) is 0 Å². The second kappa shape index (κ2) is 15.7. The number of allylic oxidation sites excluding steroid dienone is 4. The molecular formula is C13H22ORu. The van der Waals surface area contributed by atoms with Gasteiger partial charge in [0.1, 0.15) is 6.79 Å². The molecule has 0 atom stereocenters. The summed E-state index contributed by atoms with van der Waals surface area (Å²) in [5, 5.41) is 0. The van der Waals surface area contributed by atoms with Gasteiger partial charge in [0.25, 0.3) is 0 Å². The summed E-state index contributed by atoms with van der Waals surface area (Å²) < 4.78 is 0. The van der Waals surface area contributed by atoms with Crippen molar-refractivity contribution in [2.75, 3.05) is 0 Å². The summed E-state index contributed by atoms with van der Waals surface area (Å²) in [4.78, 5) is 8.00. The number of rotatable bonds is 2. The molecule has 0 aromatic heterocycles. The van der Waals surface area contributed by atoms with Gasteiger partial charge in [-0.1, -0.05) is 48.6 Å². The van der Waals surface area contributed by atoms with Gasteiger partial charge in [-0.15, -0.1) is 0 Å². The summed E-state index contributed by atoms with van der Waals surface area (Å²) in [6.45, 7) is 24.4. The van der Waals surface area contributed by atoms with E-state index >= 15 is 0 Å². The monoisotopic (exact) mass is 296 g/mol. The maximum atomic E-state index is 8.00. The van der Waals surface area contributed by atoms with Crippen LogP contribution >= 0.6 is 0 Å². The molecule has 0 heterocycles. The largest absolute Gasteiger partial charge is 0.307 e. The molecule has 0 rings (SSSR count). The molecule has 0 unspecified atom stereocenters. The Hall–Kier alpha value is -0.747. The van der Waals surface area contributed by atoms with E-state index in [-0.39, 0.29) is 19.5 Å². The molecule has 2 heteroatoms. The Balaban J connectivity index is -0.0000000653. The van der Waals surface area contributed by atoms with Crippen molar-refractivity contribution in [1.82, 2.24) is 0 Å². The van der Waals surface area contributed by atoms with Crippen LogP contribution in [0, 0.1) is 0 Å². The van der Waals surface area contributed by atoms with Crippen molar-refractivity contribution in [3.05, 3.63) is 48.6 Å². The standard InChI is InChI=1S/2C6H10.CH2O.Ru/c2*1-5(2)6(3)4;1-2;/h2*1,3H2,2,4H3;1H2;. The molecule has 0 bridgehead atoms. The predicted octanol–water partition coefficient (Wildman–Crippen LogP) is 4.09. The number of carbonyl (C=O) groups excluding carboxylic acids is 1. The van der Waals surface area contributed by atoms with E-state index in [1.807, 2.05) is 34.5 Å². The van der Waals surface area contributed by atoms with E-state index in [2.05, 4.69) is 26.3 Å². The summed E-state index contributed by atoms with van der Waals surface area (Å²) in [6.07, 6.45) is 0. The smallest absolute Gasteiger partial charge is 0.106 e. The van der Waals surface area contributed by atoms with Crippen LogP contribution in [0.2, 0.25) is 0 Å². The first-order valence-corrected chi connectivity index (χ1v) is 4.20. The zero-order valence-electron chi connectivity index (χ0n) is 10.3. The van der Waals surface area contributed by atoms with Crippen LogP contribution in [-0.4, -0.2) is 6.79 Å². The van der Waals surface area contributed by atoms with E-state index in [0.29, 0.717) is 0 Å². The fourth-order valence-corrected chi connectivity index (χ4v) is 0. The van der Waals surface area contributed by atoms with E-state index in [1.54, 1.807) is 0 Å². The molecule has 0 N–H and O–H groups in total. The Labute approximate surface area is 107 Å². The summed E-state index contributed by atoms with van der Waals surface area (Å²) in [6, 6.07) is 0. The zero-order chi connectivity index (χ0) is 12.3. The van der Waals surface area contributed by atoms with Crippen LogP contribution in [0.25, 0.3) is 0 Å². The summed E-state index contributed by atoms with van der Waals surface area (Å²) in [5.41, 5.74) is 4.26. The summed E-state index contributed by atoms with van der Waals surface area (Å²) >= 11 is 0. The minimum absolute atomic E-state index is 0. The molecular weight excluding hydrogens is 273 g/mol. The third kappa shape index (κ3) is 31.9. The second-order valence-electron chi connectivity index (χ2n) is 3.12. The van der Waals surface area contributed by atoms with Crippen LogP contribution in [0.3, 0.4) is 0 Å². The van der Waals surface area contributed by atoms with Gasteiger partial charge in [-0.25, -0.2) is 0 Å². The molecule has 0 radical (unpaired) electrons. The van der Waals surface area contributed by atoms with E-state index in [9.17, 15) is 0 Å². The predicted molar refractivity (Wildman–Crippen MR) is 66.4 cm³/mol. The third-order valence-electron chi connectivity index (χ3n) is 1.46. The van der Waals surface area contributed by atoms with Gasteiger partial charge < -0.3 is 4.79 Å². The molecule has 0 aromatic carbocycles. The van der Waals surface area contributed by atoms with Gasteiger partial charge in [-0.3, -0.25) is 0 Å². The minimum atomic E-state index is 0. The Morgan fingerprint density at radius 2 is 0.667 bits per heavy atom. The normalized spacial score (nSPS) is 6.40.